The maximum absolute atomic E-state index is 12.5. The lowest BCUT2D eigenvalue weighted by molar-refractivity contribution is 0.0955. The first kappa shape index (κ1) is 23.6. The summed E-state index contributed by atoms with van der Waals surface area (Å²) in [6, 6.07) is 18.6. The molecule has 3 aromatic carbocycles. The Hall–Kier alpha value is -3.56. The average molecular weight is 500 g/mol. The van der Waals surface area contributed by atoms with E-state index >= 15 is 0 Å². The lowest BCUT2D eigenvalue weighted by Gasteiger charge is -2.22. The number of nitrogens with zero attached hydrogens (tertiary/aromatic N) is 2. The van der Waals surface area contributed by atoms with Gasteiger partial charge in [0.15, 0.2) is 11.5 Å². The van der Waals surface area contributed by atoms with Gasteiger partial charge in [-0.05, 0) is 54.1 Å². The summed E-state index contributed by atoms with van der Waals surface area (Å²) in [6.07, 6.45) is 2.62. The predicted octanol–water partition coefficient (Wildman–Crippen LogP) is 3.84. The molecule has 0 radical (unpaired) electrons. The molecule has 0 unspecified atom stereocenters. The second-order valence-electron chi connectivity index (χ2n) is 7.51. The second kappa shape index (κ2) is 10.1. The molecule has 0 atom stereocenters. The van der Waals surface area contributed by atoms with Crippen LogP contribution in [-0.2, 0) is 16.6 Å². The van der Waals surface area contributed by atoms with Crippen LogP contribution in [0.2, 0.25) is 5.02 Å². The van der Waals surface area contributed by atoms with Crippen molar-refractivity contribution in [3.63, 3.8) is 0 Å². The molecule has 1 aliphatic rings. The van der Waals surface area contributed by atoms with Gasteiger partial charge in [0.1, 0.15) is 13.2 Å². The number of ether oxygens (including phenoxy) is 2. The Labute approximate surface area is 202 Å². The van der Waals surface area contributed by atoms with Gasteiger partial charge in [-0.2, -0.15) is 5.10 Å². The molecule has 0 spiro atoms. The van der Waals surface area contributed by atoms with Crippen molar-refractivity contribution in [1.82, 2.24) is 5.43 Å². The normalized spacial score (nSPS) is 13.0. The Balaban J connectivity index is 1.45. The zero-order valence-electron chi connectivity index (χ0n) is 18.3. The van der Waals surface area contributed by atoms with Crippen molar-refractivity contribution in [2.75, 3.05) is 23.8 Å². The third kappa shape index (κ3) is 5.67. The number of carbonyl (C=O) groups is 1. The van der Waals surface area contributed by atoms with Gasteiger partial charge in [-0.15, -0.1) is 0 Å². The number of anilines is 1. The smallest absolute Gasteiger partial charge is 0.271 e. The fourth-order valence-electron chi connectivity index (χ4n) is 3.36. The number of benzene rings is 3. The van der Waals surface area contributed by atoms with E-state index in [9.17, 15) is 13.2 Å². The van der Waals surface area contributed by atoms with E-state index in [0.717, 1.165) is 11.8 Å². The number of fused-ring (bicyclic) bond motifs is 1. The Bertz CT molecular complexity index is 1310. The summed E-state index contributed by atoms with van der Waals surface area (Å²) < 4.78 is 37.2. The fourth-order valence-corrected chi connectivity index (χ4v) is 4.37. The Morgan fingerprint density at radius 3 is 2.47 bits per heavy atom. The van der Waals surface area contributed by atoms with E-state index in [-0.39, 0.29) is 6.54 Å². The van der Waals surface area contributed by atoms with Crippen LogP contribution in [0.5, 0.6) is 11.5 Å². The molecule has 34 heavy (non-hydrogen) atoms. The monoisotopic (exact) mass is 499 g/mol. The number of para-hydroxylation sites is 1. The molecule has 8 nitrogen and oxygen atoms in total. The molecule has 3 aromatic rings. The predicted molar refractivity (Wildman–Crippen MR) is 131 cm³/mol. The minimum atomic E-state index is -3.56. The molecule has 4 rings (SSSR count). The molecule has 1 heterocycles. The summed E-state index contributed by atoms with van der Waals surface area (Å²) in [5.74, 6) is 0.775. The number of nitrogens with one attached hydrogen (secondary N) is 1. The van der Waals surface area contributed by atoms with E-state index in [1.54, 1.807) is 60.7 Å². The Morgan fingerprint density at radius 2 is 1.76 bits per heavy atom. The van der Waals surface area contributed by atoms with Crippen LogP contribution in [0.1, 0.15) is 21.5 Å². The Morgan fingerprint density at radius 1 is 1.06 bits per heavy atom. The summed E-state index contributed by atoms with van der Waals surface area (Å²) >= 11 is 5.91. The van der Waals surface area contributed by atoms with E-state index in [2.05, 4.69) is 10.5 Å². The highest BCUT2D eigenvalue weighted by molar-refractivity contribution is 7.92. The van der Waals surface area contributed by atoms with E-state index in [0.29, 0.717) is 46.5 Å². The van der Waals surface area contributed by atoms with Crippen LogP contribution in [0.25, 0.3) is 0 Å². The molecule has 0 bridgehead atoms. The molecule has 0 fully saturated rings. The van der Waals surface area contributed by atoms with Crippen molar-refractivity contribution < 1.29 is 22.7 Å². The zero-order valence-corrected chi connectivity index (χ0v) is 19.8. The van der Waals surface area contributed by atoms with Crippen molar-refractivity contribution in [1.29, 1.82) is 0 Å². The van der Waals surface area contributed by atoms with Gasteiger partial charge >= 0.3 is 0 Å². The van der Waals surface area contributed by atoms with Crippen LogP contribution >= 0.6 is 11.6 Å². The molecule has 10 heteroatoms. The van der Waals surface area contributed by atoms with Crippen molar-refractivity contribution >= 4 is 39.4 Å². The molecule has 0 aromatic heterocycles. The third-order valence-electron chi connectivity index (χ3n) is 5.02. The van der Waals surface area contributed by atoms with Gasteiger partial charge < -0.3 is 9.47 Å². The minimum Gasteiger partial charge on any atom is -0.486 e. The highest BCUT2D eigenvalue weighted by atomic mass is 35.5. The van der Waals surface area contributed by atoms with E-state index in [1.807, 2.05) is 6.07 Å². The molecule has 1 amide bonds. The zero-order chi connectivity index (χ0) is 24.1. The van der Waals surface area contributed by atoms with Crippen molar-refractivity contribution in [3.05, 3.63) is 88.4 Å². The molecule has 1 aliphatic heterocycles. The first-order chi connectivity index (χ1) is 16.3. The summed E-state index contributed by atoms with van der Waals surface area (Å²) in [5.41, 5.74) is 4.69. The molecule has 176 valence electrons. The molecule has 0 saturated heterocycles. The van der Waals surface area contributed by atoms with Crippen LogP contribution in [-0.4, -0.2) is 40.0 Å². The van der Waals surface area contributed by atoms with Gasteiger partial charge in [0.25, 0.3) is 5.91 Å². The SMILES string of the molecule is CS(=O)(=O)N(Cc1ccc(Cl)cc1)c1ccc(C(=O)N/N=C\c2cccc3c2OCCO3)cc1. The third-order valence-corrected chi connectivity index (χ3v) is 6.42. The quantitative estimate of drug-likeness (QED) is 0.393. The number of halogens is 1. The molecular weight excluding hydrogens is 478 g/mol. The summed E-state index contributed by atoms with van der Waals surface area (Å²) in [5, 5.41) is 4.58. The average Bonchev–Trinajstić information content (AvgIpc) is 2.83. The molecule has 1 N–H and O–H groups in total. The standard InChI is InChI=1S/C24H22ClN3O5S/c1-34(30,31)28(16-17-5-9-20(25)10-6-17)21-11-7-18(8-12-21)24(29)27-26-15-19-3-2-4-22-23(19)33-14-13-32-22/h2-12,15H,13-14,16H2,1H3,(H,27,29)/b26-15-. The number of hydrogen-bond acceptors (Lipinski definition) is 6. The first-order valence-corrected chi connectivity index (χ1v) is 12.6. The maximum Gasteiger partial charge on any atom is 0.271 e. The highest BCUT2D eigenvalue weighted by Gasteiger charge is 2.19. The highest BCUT2D eigenvalue weighted by Crippen LogP contribution is 2.32. The van der Waals surface area contributed by atoms with Crippen LogP contribution in [0.4, 0.5) is 5.69 Å². The lowest BCUT2D eigenvalue weighted by Crippen LogP contribution is -2.29. The van der Waals surface area contributed by atoms with Crippen LogP contribution < -0.4 is 19.2 Å². The second-order valence-corrected chi connectivity index (χ2v) is 9.86. The largest absolute Gasteiger partial charge is 0.486 e. The Kier molecular flexibility index (Phi) is 7.04. The van der Waals surface area contributed by atoms with Crippen molar-refractivity contribution in [3.8, 4) is 11.5 Å². The van der Waals surface area contributed by atoms with E-state index in [4.69, 9.17) is 21.1 Å². The van der Waals surface area contributed by atoms with Crippen LogP contribution in [0.3, 0.4) is 0 Å². The number of sulfonamides is 1. The fraction of sp³-hybridized carbons (Fsp3) is 0.167. The van der Waals surface area contributed by atoms with Crippen LogP contribution in [0, 0.1) is 0 Å². The molecule has 0 saturated carbocycles. The lowest BCUT2D eigenvalue weighted by atomic mass is 10.2. The van der Waals surface area contributed by atoms with Gasteiger partial charge in [0.05, 0.1) is 24.7 Å². The molecular formula is C24H22ClN3O5S. The summed E-state index contributed by atoms with van der Waals surface area (Å²) in [4.78, 5) is 12.5. The van der Waals surface area contributed by atoms with Crippen LogP contribution in [0.15, 0.2) is 71.8 Å². The van der Waals surface area contributed by atoms with E-state index < -0.39 is 15.9 Å². The summed E-state index contributed by atoms with van der Waals surface area (Å²) in [7, 11) is -3.56. The van der Waals surface area contributed by atoms with Crippen molar-refractivity contribution in [2.45, 2.75) is 6.54 Å². The van der Waals surface area contributed by atoms with Gasteiger partial charge in [0, 0.05) is 16.1 Å². The topological polar surface area (TPSA) is 97.3 Å². The molecule has 0 aliphatic carbocycles. The number of amides is 1. The first-order valence-electron chi connectivity index (χ1n) is 10.4. The van der Waals surface area contributed by atoms with E-state index in [1.165, 1.54) is 10.5 Å². The van der Waals surface area contributed by atoms with Gasteiger partial charge in [-0.1, -0.05) is 29.8 Å². The number of hydrazone groups is 1. The van der Waals surface area contributed by atoms with Gasteiger partial charge in [-0.25, -0.2) is 13.8 Å². The van der Waals surface area contributed by atoms with Crippen molar-refractivity contribution in [2.24, 2.45) is 5.10 Å². The summed E-state index contributed by atoms with van der Waals surface area (Å²) in [6.45, 7) is 1.06. The minimum absolute atomic E-state index is 0.138. The van der Waals surface area contributed by atoms with Gasteiger partial charge in [0.2, 0.25) is 10.0 Å². The number of carbonyl (C=O) groups excluding carboxylic acids is 1. The maximum atomic E-state index is 12.5. The van der Waals surface area contributed by atoms with Gasteiger partial charge in [-0.3, -0.25) is 9.10 Å². The number of rotatable bonds is 7. The number of hydrogen-bond donors (Lipinski definition) is 1.